The van der Waals surface area contributed by atoms with Crippen LogP contribution < -0.4 is 42.5 Å². The number of aliphatic imine (C=N–C) groups is 2. The molecule has 14 heteroatoms. The summed E-state index contributed by atoms with van der Waals surface area (Å²) >= 11 is 0. The van der Waals surface area contributed by atoms with Gasteiger partial charge in [0.05, 0.1) is 0 Å². The lowest BCUT2D eigenvalue weighted by molar-refractivity contribution is 0.261. The minimum absolute atomic E-state index is 0. The Hall–Kier alpha value is -4.68. The van der Waals surface area contributed by atoms with E-state index in [-0.39, 0.29) is 36.9 Å². The molecule has 0 bridgehead atoms. The SMILES string of the molecule is CCN=C(NCC)Nc1ccc(NC(=O)Nc2ccc(NC(=O)Nc3ccc(NC(=NCC)NCC)cc3)cc2)cc1.Cl.Cl. The van der Waals surface area contributed by atoms with Gasteiger partial charge in [-0.05, 0) is 100 Å². The Bertz CT molecular complexity index is 1250. The molecule has 8 N–H and O–H groups in total. The number of benzene rings is 3. The lowest BCUT2D eigenvalue weighted by Crippen LogP contribution is -2.30. The predicted molar refractivity (Wildman–Crippen MR) is 190 cm³/mol. The number of carbonyl (C=O) groups is 2. The van der Waals surface area contributed by atoms with E-state index in [0.29, 0.717) is 47.8 Å². The molecule has 0 unspecified atom stereocenters. The average molecular weight is 646 g/mol. The molecule has 12 nitrogen and oxygen atoms in total. The van der Waals surface area contributed by atoms with Crippen molar-refractivity contribution in [3.63, 3.8) is 0 Å². The highest BCUT2D eigenvalue weighted by atomic mass is 35.5. The van der Waals surface area contributed by atoms with E-state index in [4.69, 9.17) is 0 Å². The van der Waals surface area contributed by atoms with E-state index in [1.807, 2.05) is 52.0 Å². The molecule has 0 spiro atoms. The molecule has 0 saturated carbocycles. The van der Waals surface area contributed by atoms with Crippen LogP contribution in [0.1, 0.15) is 27.7 Å². The van der Waals surface area contributed by atoms with Crippen LogP contribution in [-0.4, -0.2) is 50.2 Å². The van der Waals surface area contributed by atoms with Gasteiger partial charge in [-0.25, -0.2) is 9.59 Å². The Morgan fingerprint density at radius 2 is 0.682 bits per heavy atom. The van der Waals surface area contributed by atoms with Gasteiger partial charge < -0.3 is 42.5 Å². The summed E-state index contributed by atoms with van der Waals surface area (Å²) in [5.41, 5.74) is 4.14. The molecule has 0 aliphatic rings. The van der Waals surface area contributed by atoms with E-state index in [2.05, 4.69) is 52.5 Å². The highest BCUT2D eigenvalue weighted by Gasteiger charge is 2.07. The molecule has 3 aromatic carbocycles. The maximum absolute atomic E-state index is 12.5. The van der Waals surface area contributed by atoms with Gasteiger partial charge in [0.1, 0.15) is 0 Å². The van der Waals surface area contributed by atoms with Crippen molar-refractivity contribution in [3.8, 4) is 0 Å². The van der Waals surface area contributed by atoms with Crippen molar-refractivity contribution in [1.82, 2.24) is 10.6 Å². The molecule has 0 radical (unpaired) electrons. The summed E-state index contributed by atoms with van der Waals surface area (Å²) < 4.78 is 0. The van der Waals surface area contributed by atoms with Crippen LogP contribution in [-0.2, 0) is 0 Å². The number of nitrogens with one attached hydrogen (secondary N) is 8. The van der Waals surface area contributed by atoms with Gasteiger partial charge in [-0.2, -0.15) is 0 Å². The third kappa shape index (κ3) is 13.1. The molecule has 0 atom stereocenters. The van der Waals surface area contributed by atoms with Crippen molar-refractivity contribution in [1.29, 1.82) is 0 Å². The first-order chi connectivity index (χ1) is 20.4. The van der Waals surface area contributed by atoms with Crippen LogP contribution in [0.15, 0.2) is 82.8 Å². The summed E-state index contributed by atoms with van der Waals surface area (Å²) in [5.74, 6) is 1.40. The minimum Gasteiger partial charge on any atom is -0.356 e. The lowest BCUT2D eigenvalue weighted by atomic mass is 10.2. The van der Waals surface area contributed by atoms with Crippen molar-refractivity contribution < 1.29 is 9.59 Å². The highest BCUT2D eigenvalue weighted by Crippen LogP contribution is 2.18. The van der Waals surface area contributed by atoms with E-state index >= 15 is 0 Å². The van der Waals surface area contributed by atoms with Crippen molar-refractivity contribution in [2.24, 2.45) is 9.98 Å². The Morgan fingerprint density at radius 1 is 0.455 bits per heavy atom. The van der Waals surface area contributed by atoms with Gasteiger partial charge in [0, 0.05) is 60.3 Å². The molecule has 3 rings (SSSR count). The van der Waals surface area contributed by atoms with E-state index in [9.17, 15) is 9.59 Å². The normalized spacial score (nSPS) is 10.7. The number of halogens is 2. The molecule has 44 heavy (non-hydrogen) atoms. The minimum atomic E-state index is -0.383. The third-order valence-electron chi connectivity index (χ3n) is 5.53. The smallest absolute Gasteiger partial charge is 0.323 e. The van der Waals surface area contributed by atoms with Crippen LogP contribution in [0.25, 0.3) is 0 Å². The number of hydrogen-bond donors (Lipinski definition) is 8. The number of hydrogen-bond acceptors (Lipinski definition) is 4. The van der Waals surface area contributed by atoms with E-state index in [1.54, 1.807) is 48.5 Å². The summed E-state index contributed by atoms with van der Waals surface area (Å²) in [5, 5.41) is 23.9. The molecular weight excluding hydrogens is 603 g/mol. The van der Waals surface area contributed by atoms with Crippen molar-refractivity contribution in [2.75, 3.05) is 58.1 Å². The van der Waals surface area contributed by atoms with Gasteiger partial charge in [-0.1, -0.05) is 0 Å². The maximum atomic E-state index is 12.5. The van der Waals surface area contributed by atoms with E-state index in [1.165, 1.54) is 0 Å². The first kappa shape index (κ1) is 37.3. The van der Waals surface area contributed by atoms with Crippen LogP contribution in [0.3, 0.4) is 0 Å². The number of carbonyl (C=O) groups excluding carboxylic acids is 2. The molecule has 0 saturated heterocycles. The van der Waals surface area contributed by atoms with Gasteiger partial charge >= 0.3 is 12.1 Å². The van der Waals surface area contributed by atoms with Crippen LogP contribution >= 0.6 is 24.8 Å². The fraction of sp³-hybridized carbons (Fsp3) is 0.267. The number of amides is 4. The lowest BCUT2D eigenvalue weighted by Gasteiger charge is -2.13. The summed E-state index contributed by atoms with van der Waals surface area (Å²) in [4.78, 5) is 33.7. The average Bonchev–Trinajstić information content (AvgIpc) is 2.97. The monoisotopic (exact) mass is 644 g/mol. The fourth-order valence-corrected chi connectivity index (χ4v) is 3.70. The molecule has 4 amide bonds. The summed E-state index contributed by atoms with van der Waals surface area (Å²) in [6.45, 7) is 10.8. The molecule has 0 aliphatic carbocycles. The van der Waals surface area contributed by atoms with Crippen molar-refractivity contribution in [2.45, 2.75) is 27.7 Å². The zero-order valence-electron chi connectivity index (χ0n) is 25.3. The number of urea groups is 2. The van der Waals surface area contributed by atoms with E-state index < -0.39 is 0 Å². The van der Waals surface area contributed by atoms with Gasteiger partial charge in [0.25, 0.3) is 0 Å². The van der Waals surface area contributed by atoms with E-state index in [0.717, 1.165) is 24.5 Å². The van der Waals surface area contributed by atoms with Crippen LogP contribution in [0.4, 0.5) is 43.7 Å². The largest absolute Gasteiger partial charge is 0.356 e. The number of nitrogens with zero attached hydrogens (tertiary/aromatic N) is 2. The second kappa shape index (κ2) is 20.3. The van der Waals surface area contributed by atoms with Gasteiger partial charge in [-0.15, -0.1) is 24.8 Å². The highest BCUT2D eigenvalue weighted by molar-refractivity contribution is 6.02. The molecule has 3 aromatic rings. The standard InChI is InChI=1S/C30H40N10O2.2ClH/c1-5-31-27(32-6-2)35-21-9-13-23(14-10-21)37-29(41)39-25-17-19-26(20-18-25)40-30(42)38-24-15-11-22(12-16-24)36-28(33-7-3)34-8-4;;/h9-20H,5-8H2,1-4H3,(H2,31,32,35)(H2,33,34,36)(H2,37,39,41)(H2,38,40,42);2*1H. The fourth-order valence-electron chi connectivity index (χ4n) is 3.70. The first-order valence-corrected chi connectivity index (χ1v) is 14.0. The molecule has 0 fully saturated rings. The maximum Gasteiger partial charge on any atom is 0.323 e. The second-order valence-corrected chi connectivity index (χ2v) is 8.85. The zero-order valence-corrected chi connectivity index (χ0v) is 26.9. The Balaban J connectivity index is 0.00000484. The van der Waals surface area contributed by atoms with Crippen molar-refractivity contribution in [3.05, 3.63) is 72.8 Å². The predicted octanol–water partition coefficient (Wildman–Crippen LogP) is 6.61. The number of anilines is 6. The molecule has 0 aromatic heterocycles. The topological polar surface area (TPSA) is 155 Å². The van der Waals surface area contributed by atoms with Crippen LogP contribution in [0.5, 0.6) is 0 Å². The van der Waals surface area contributed by atoms with Gasteiger partial charge in [-0.3, -0.25) is 9.98 Å². The van der Waals surface area contributed by atoms with Crippen LogP contribution in [0, 0.1) is 0 Å². The summed E-state index contributed by atoms with van der Waals surface area (Å²) in [6, 6.07) is 20.7. The first-order valence-electron chi connectivity index (χ1n) is 14.0. The summed E-state index contributed by atoms with van der Waals surface area (Å²) in [7, 11) is 0. The molecule has 0 aliphatic heterocycles. The third-order valence-corrected chi connectivity index (χ3v) is 5.53. The van der Waals surface area contributed by atoms with Gasteiger partial charge in [0.2, 0.25) is 0 Å². The van der Waals surface area contributed by atoms with Crippen LogP contribution in [0.2, 0.25) is 0 Å². The zero-order chi connectivity index (χ0) is 30.2. The Morgan fingerprint density at radius 3 is 0.886 bits per heavy atom. The Labute approximate surface area is 271 Å². The quantitative estimate of drug-likeness (QED) is 0.0917. The van der Waals surface area contributed by atoms with Crippen molar-refractivity contribution >= 4 is 82.9 Å². The Kier molecular flexibility index (Phi) is 17.2. The molecular formula is C30H42Cl2N10O2. The summed E-state index contributed by atoms with van der Waals surface area (Å²) in [6.07, 6.45) is 0. The second-order valence-electron chi connectivity index (χ2n) is 8.85. The number of guanidine groups is 2. The molecule has 0 heterocycles. The van der Waals surface area contributed by atoms with Gasteiger partial charge in [0.15, 0.2) is 11.9 Å². The number of rotatable bonds is 10. The molecule has 238 valence electrons.